The molecule has 2 rings (SSSR count). The van der Waals surface area contributed by atoms with Gasteiger partial charge in [0.05, 0.1) is 43.5 Å². The van der Waals surface area contributed by atoms with Crippen LogP contribution in [0.1, 0.15) is 67.3 Å². The fourth-order valence-electron chi connectivity index (χ4n) is 4.32. The molecule has 1 aromatic carbocycles. The van der Waals surface area contributed by atoms with Gasteiger partial charge in [0.25, 0.3) is 15.9 Å². The lowest BCUT2D eigenvalue weighted by atomic mass is 10.1. The first-order chi connectivity index (χ1) is 23.6. The van der Waals surface area contributed by atoms with Crippen molar-refractivity contribution in [3.63, 3.8) is 0 Å². The zero-order chi connectivity index (χ0) is 35.7. The van der Waals surface area contributed by atoms with Crippen LogP contribution in [0.25, 0.3) is 0 Å². The number of carboxylic acid groups (broad SMARTS) is 2. The number of aliphatic carboxylic acids is 2. The number of unbranched alkanes of at least 4 members (excludes halogenated alkanes) is 4. The first-order valence-corrected chi connectivity index (χ1v) is 17.7. The monoisotopic (exact) mass is 709 g/mol. The molecule has 49 heavy (non-hydrogen) atoms. The second-order valence-corrected chi connectivity index (χ2v) is 12.6. The number of amides is 1. The summed E-state index contributed by atoms with van der Waals surface area (Å²) in [5.74, 6) is -2.23. The summed E-state index contributed by atoms with van der Waals surface area (Å²) >= 11 is 0. The van der Waals surface area contributed by atoms with Crippen molar-refractivity contribution in [3.8, 4) is 0 Å². The molecule has 0 aliphatic rings. The molecule has 16 heteroatoms. The third-order valence-corrected chi connectivity index (χ3v) is 8.23. The molecule has 1 heterocycles. The number of ketones is 1. The van der Waals surface area contributed by atoms with E-state index in [1.165, 1.54) is 30.5 Å². The highest BCUT2D eigenvalue weighted by Crippen LogP contribution is 2.17. The molecule has 0 aliphatic heterocycles. The van der Waals surface area contributed by atoms with Gasteiger partial charge < -0.3 is 34.5 Å². The quantitative estimate of drug-likeness (QED) is 0.0895. The zero-order valence-corrected chi connectivity index (χ0v) is 28.4. The molecule has 0 radical (unpaired) electrons. The number of aryl methyl sites for hydroxylation is 1. The number of benzene rings is 1. The molecule has 0 unspecified atom stereocenters. The van der Waals surface area contributed by atoms with E-state index in [0.29, 0.717) is 25.9 Å². The number of anilines is 1. The van der Waals surface area contributed by atoms with Gasteiger partial charge >= 0.3 is 11.9 Å². The van der Waals surface area contributed by atoms with E-state index < -0.39 is 27.9 Å². The van der Waals surface area contributed by atoms with Gasteiger partial charge in [-0.2, -0.15) is 0 Å². The van der Waals surface area contributed by atoms with Crippen molar-refractivity contribution in [2.24, 2.45) is 0 Å². The minimum Gasteiger partial charge on any atom is -0.481 e. The van der Waals surface area contributed by atoms with Crippen LogP contribution in [0.4, 0.5) is 5.82 Å². The summed E-state index contributed by atoms with van der Waals surface area (Å²) in [5, 5.41) is 19.8. The van der Waals surface area contributed by atoms with E-state index in [2.05, 4.69) is 15.0 Å². The second-order valence-electron chi connectivity index (χ2n) is 11.0. The molecule has 0 saturated carbocycles. The molecule has 0 spiro atoms. The number of carboxylic acids is 2. The molecular weight excluding hydrogens is 662 g/mol. The van der Waals surface area contributed by atoms with Crippen molar-refractivity contribution >= 4 is 39.5 Å². The first-order valence-electron chi connectivity index (χ1n) is 16.2. The minimum absolute atomic E-state index is 0.0475. The molecule has 272 valence electrons. The lowest BCUT2D eigenvalue weighted by molar-refractivity contribution is -0.142. The fourth-order valence-corrected chi connectivity index (χ4v) is 5.33. The van der Waals surface area contributed by atoms with E-state index in [9.17, 15) is 27.6 Å². The van der Waals surface area contributed by atoms with Gasteiger partial charge in [-0.05, 0) is 55.5 Å². The van der Waals surface area contributed by atoms with Crippen molar-refractivity contribution in [2.45, 2.75) is 62.7 Å². The molecule has 0 aliphatic carbocycles. The topological polar surface area (TPSA) is 217 Å². The Kier molecular flexibility index (Phi) is 20.4. The van der Waals surface area contributed by atoms with Gasteiger partial charge in [0.1, 0.15) is 19.0 Å². The molecular formula is C33H47N3O12S. The Morgan fingerprint density at radius 2 is 1.33 bits per heavy atom. The maximum absolute atomic E-state index is 12.8. The predicted molar refractivity (Wildman–Crippen MR) is 178 cm³/mol. The number of sulfonamides is 1. The van der Waals surface area contributed by atoms with E-state index in [4.69, 9.17) is 29.2 Å². The maximum Gasteiger partial charge on any atom is 0.329 e. The number of nitrogens with zero attached hydrogens (tertiary/aromatic N) is 1. The molecule has 0 atom stereocenters. The van der Waals surface area contributed by atoms with Crippen molar-refractivity contribution < 1.29 is 56.8 Å². The molecule has 1 aromatic heterocycles. The van der Waals surface area contributed by atoms with Gasteiger partial charge in [-0.1, -0.05) is 31.4 Å². The van der Waals surface area contributed by atoms with Crippen molar-refractivity contribution in [2.75, 3.05) is 64.1 Å². The molecule has 0 fully saturated rings. The summed E-state index contributed by atoms with van der Waals surface area (Å²) in [6, 6.07) is 9.47. The predicted octanol–water partition coefficient (Wildman–Crippen LogP) is 3.08. The summed E-state index contributed by atoms with van der Waals surface area (Å²) in [6.45, 7) is 1.24. The van der Waals surface area contributed by atoms with Gasteiger partial charge in [-0.15, -0.1) is 0 Å². The number of pyridine rings is 1. The van der Waals surface area contributed by atoms with Gasteiger partial charge in [0.15, 0.2) is 5.78 Å². The summed E-state index contributed by atoms with van der Waals surface area (Å²) in [7, 11) is -3.88. The number of hydrogen-bond acceptors (Lipinski definition) is 11. The molecule has 15 nitrogen and oxygen atoms in total. The van der Waals surface area contributed by atoms with Crippen LogP contribution in [0.5, 0.6) is 0 Å². The largest absolute Gasteiger partial charge is 0.481 e. The number of ether oxygens (including phenoxy) is 4. The van der Waals surface area contributed by atoms with E-state index in [-0.39, 0.29) is 81.3 Å². The third-order valence-electron chi connectivity index (χ3n) is 6.86. The van der Waals surface area contributed by atoms with Crippen LogP contribution in [0.15, 0.2) is 47.5 Å². The summed E-state index contributed by atoms with van der Waals surface area (Å²) in [5.41, 5.74) is 1.26. The molecule has 1 amide bonds. The van der Waals surface area contributed by atoms with Crippen LogP contribution in [-0.4, -0.2) is 107 Å². The van der Waals surface area contributed by atoms with Gasteiger partial charge in [-0.25, -0.2) is 18.2 Å². The minimum atomic E-state index is -3.88. The van der Waals surface area contributed by atoms with Crippen molar-refractivity contribution in [1.82, 2.24) is 10.3 Å². The highest BCUT2D eigenvalue weighted by molar-refractivity contribution is 7.92. The number of carbonyl (C=O) groups is 4. The van der Waals surface area contributed by atoms with E-state index in [1.54, 1.807) is 12.1 Å². The highest BCUT2D eigenvalue weighted by Gasteiger charge is 2.15. The van der Waals surface area contributed by atoms with E-state index >= 15 is 0 Å². The van der Waals surface area contributed by atoms with Crippen molar-refractivity contribution in [3.05, 3.63) is 53.7 Å². The van der Waals surface area contributed by atoms with E-state index in [0.717, 1.165) is 37.7 Å². The van der Waals surface area contributed by atoms with Crippen LogP contribution in [0, 0.1) is 0 Å². The van der Waals surface area contributed by atoms with Crippen molar-refractivity contribution in [1.29, 1.82) is 0 Å². The average Bonchev–Trinajstić information content (AvgIpc) is 3.06. The van der Waals surface area contributed by atoms with Crippen LogP contribution >= 0.6 is 0 Å². The van der Waals surface area contributed by atoms with Gasteiger partial charge in [0, 0.05) is 32.2 Å². The van der Waals surface area contributed by atoms with Crippen LogP contribution in [-0.2, 0) is 49.8 Å². The van der Waals surface area contributed by atoms with Gasteiger partial charge in [-0.3, -0.25) is 19.1 Å². The molecule has 0 bridgehead atoms. The Morgan fingerprint density at radius 3 is 2.00 bits per heavy atom. The Balaban J connectivity index is 1.55. The Hall–Kier alpha value is -3.96. The average molecular weight is 710 g/mol. The lowest BCUT2D eigenvalue weighted by Gasteiger charge is -2.10. The number of nitrogens with one attached hydrogen (secondary N) is 2. The SMILES string of the molecule is O=C(O)CCCCCCCc1ccc(S(=O)(=O)Nc2ccc(C(=O)NCCOCCOCC(=O)CCCOCCOCC(=O)O)cn2)cc1. The highest BCUT2D eigenvalue weighted by atomic mass is 32.2. The standard InChI is InChI=1S/C33H47N3O12S/c37-28(8-6-17-45-19-22-48-25-32(40)41)24-47-21-20-46-18-16-34-33(42)27-12-15-30(35-23-27)36-49(43,44)29-13-10-26(11-14-29)7-4-2-1-3-5-9-31(38)39/h10-15,23H,1-9,16-22,24-25H2,(H,34,42)(H,35,36)(H,38,39)(H,40,41). The number of Topliss-reactive ketones (excluding diaryl/α,β-unsaturated/α-hetero) is 1. The second kappa shape index (κ2) is 24.2. The summed E-state index contributed by atoms with van der Waals surface area (Å²) in [6.07, 6.45) is 7.52. The third kappa shape index (κ3) is 19.6. The first kappa shape index (κ1) is 41.2. The van der Waals surface area contributed by atoms with Crippen LogP contribution in [0.2, 0.25) is 0 Å². The number of carbonyl (C=O) groups excluding carboxylic acids is 2. The molecule has 2 aromatic rings. The number of aromatic nitrogens is 1. The van der Waals surface area contributed by atoms with Crippen LogP contribution in [0.3, 0.4) is 0 Å². The number of hydrogen-bond donors (Lipinski definition) is 4. The molecule has 0 saturated heterocycles. The van der Waals surface area contributed by atoms with Gasteiger partial charge in [0.2, 0.25) is 0 Å². The number of rotatable bonds is 29. The Bertz CT molecular complexity index is 1390. The Labute approximate surface area is 286 Å². The molecule has 4 N–H and O–H groups in total. The normalized spacial score (nSPS) is 11.3. The fraction of sp³-hybridized carbons (Fsp3) is 0.545. The lowest BCUT2D eigenvalue weighted by Crippen LogP contribution is -2.28. The zero-order valence-electron chi connectivity index (χ0n) is 27.6. The summed E-state index contributed by atoms with van der Waals surface area (Å²) in [4.78, 5) is 49.2. The smallest absolute Gasteiger partial charge is 0.329 e. The van der Waals surface area contributed by atoms with E-state index in [1.807, 2.05) is 0 Å². The Morgan fingerprint density at radius 1 is 0.673 bits per heavy atom. The summed E-state index contributed by atoms with van der Waals surface area (Å²) < 4.78 is 48.8. The van der Waals surface area contributed by atoms with Crippen LogP contribution < -0.4 is 10.0 Å². The maximum atomic E-state index is 12.8.